The fraction of sp³-hybridized carbons (Fsp3) is 0. The SMILES string of the molecule is c1ccc2sc(-c3cc(Nc4ncnc5ccsc45)cc4cn[nH]c34)cc2c1. The number of fused-ring (bicyclic) bond motifs is 3. The maximum atomic E-state index is 4.45. The molecule has 0 aliphatic heterocycles. The Balaban J connectivity index is 1.52. The van der Waals surface area contributed by atoms with Crippen LogP contribution in [0.1, 0.15) is 0 Å². The van der Waals surface area contributed by atoms with Gasteiger partial charge in [-0.05, 0) is 41.1 Å². The molecule has 4 aromatic heterocycles. The Morgan fingerprint density at radius 2 is 1.93 bits per heavy atom. The predicted octanol–water partition coefficient (Wildman–Crippen LogP) is 6.19. The summed E-state index contributed by atoms with van der Waals surface area (Å²) in [7, 11) is 0. The summed E-state index contributed by atoms with van der Waals surface area (Å²) < 4.78 is 2.33. The number of thiophene rings is 2. The first-order chi connectivity index (χ1) is 13.8. The lowest BCUT2D eigenvalue weighted by Gasteiger charge is -2.09. The van der Waals surface area contributed by atoms with Gasteiger partial charge in [-0.15, -0.1) is 22.7 Å². The number of hydrogen-bond acceptors (Lipinski definition) is 6. The lowest BCUT2D eigenvalue weighted by atomic mass is 10.1. The van der Waals surface area contributed by atoms with Gasteiger partial charge in [-0.1, -0.05) is 18.2 Å². The normalized spacial score (nSPS) is 11.6. The van der Waals surface area contributed by atoms with Gasteiger partial charge in [-0.3, -0.25) is 5.10 Å². The summed E-state index contributed by atoms with van der Waals surface area (Å²) in [6.07, 6.45) is 3.46. The number of nitrogens with one attached hydrogen (secondary N) is 2. The zero-order chi connectivity index (χ0) is 18.5. The summed E-state index contributed by atoms with van der Waals surface area (Å²) in [4.78, 5) is 9.98. The highest BCUT2D eigenvalue weighted by molar-refractivity contribution is 7.22. The highest BCUT2D eigenvalue weighted by Gasteiger charge is 2.13. The first-order valence-electron chi connectivity index (χ1n) is 8.76. The molecule has 4 heterocycles. The molecule has 0 atom stereocenters. The molecule has 28 heavy (non-hydrogen) atoms. The monoisotopic (exact) mass is 399 g/mol. The Labute approximate surface area is 167 Å². The zero-order valence-corrected chi connectivity index (χ0v) is 16.1. The third-order valence-corrected chi connectivity index (χ3v) is 6.81. The van der Waals surface area contributed by atoms with Crippen molar-refractivity contribution < 1.29 is 0 Å². The molecule has 0 unspecified atom stereocenters. The zero-order valence-electron chi connectivity index (χ0n) is 14.5. The van der Waals surface area contributed by atoms with Gasteiger partial charge in [0.25, 0.3) is 0 Å². The molecule has 0 saturated carbocycles. The van der Waals surface area contributed by atoms with Crippen LogP contribution in [-0.2, 0) is 0 Å². The number of rotatable bonds is 3. The molecule has 0 fully saturated rings. The lowest BCUT2D eigenvalue weighted by molar-refractivity contribution is 1.12. The molecule has 5 nitrogen and oxygen atoms in total. The second-order valence-corrected chi connectivity index (χ2v) is 8.49. The van der Waals surface area contributed by atoms with Gasteiger partial charge in [0.1, 0.15) is 6.33 Å². The van der Waals surface area contributed by atoms with Crippen LogP contribution < -0.4 is 5.32 Å². The first-order valence-corrected chi connectivity index (χ1v) is 10.5. The number of hydrogen-bond donors (Lipinski definition) is 2. The maximum absolute atomic E-state index is 4.45. The van der Waals surface area contributed by atoms with E-state index in [1.165, 1.54) is 15.0 Å². The molecule has 0 amide bonds. The van der Waals surface area contributed by atoms with Crippen LogP contribution in [0, 0.1) is 0 Å². The van der Waals surface area contributed by atoms with E-state index in [1.807, 2.05) is 17.6 Å². The number of anilines is 2. The minimum Gasteiger partial charge on any atom is -0.339 e. The average molecular weight is 400 g/mol. The van der Waals surface area contributed by atoms with Crippen LogP contribution in [0.4, 0.5) is 11.5 Å². The summed E-state index contributed by atoms with van der Waals surface area (Å²) in [5, 5.41) is 15.2. The number of nitrogens with zero attached hydrogens (tertiary/aromatic N) is 3. The van der Waals surface area contributed by atoms with E-state index in [1.54, 1.807) is 29.0 Å². The van der Waals surface area contributed by atoms with Crippen LogP contribution in [0.2, 0.25) is 0 Å². The van der Waals surface area contributed by atoms with Crippen molar-refractivity contribution in [2.75, 3.05) is 5.32 Å². The fourth-order valence-electron chi connectivity index (χ4n) is 3.45. The van der Waals surface area contributed by atoms with E-state index in [-0.39, 0.29) is 0 Å². The van der Waals surface area contributed by atoms with Crippen molar-refractivity contribution in [3.8, 4) is 10.4 Å². The summed E-state index contributed by atoms with van der Waals surface area (Å²) in [6.45, 7) is 0. The Hall–Kier alpha value is -3.29. The van der Waals surface area contributed by atoms with Crippen LogP contribution in [0.25, 0.3) is 41.6 Å². The summed E-state index contributed by atoms with van der Waals surface area (Å²) >= 11 is 3.43. The van der Waals surface area contributed by atoms with Gasteiger partial charge in [0, 0.05) is 26.2 Å². The van der Waals surface area contributed by atoms with Crippen molar-refractivity contribution in [2.24, 2.45) is 0 Å². The van der Waals surface area contributed by atoms with E-state index in [2.05, 4.69) is 67.9 Å². The van der Waals surface area contributed by atoms with Gasteiger partial charge < -0.3 is 5.32 Å². The van der Waals surface area contributed by atoms with Crippen molar-refractivity contribution in [1.82, 2.24) is 20.2 Å². The van der Waals surface area contributed by atoms with E-state index >= 15 is 0 Å². The number of aromatic amines is 1. The molecule has 0 spiro atoms. The molecule has 0 bridgehead atoms. The molecule has 6 rings (SSSR count). The molecule has 0 aliphatic carbocycles. The second kappa shape index (κ2) is 6.12. The molecular weight excluding hydrogens is 386 g/mol. The Morgan fingerprint density at radius 1 is 0.964 bits per heavy atom. The number of benzene rings is 2. The van der Waals surface area contributed by atoms with E-state index in [0.717, 1.165) is 38.2 Å². The van der Waals surface area contributed by atoms with Gasteiger partial charge in [-0.25, -0.2) is 9.97 Å². The molecule has 2 N–H and O–H groups in total. The van der Waals surface area contributed by atoms with Crippen molar-refractivity contribution in [3.63, 3.8) is 0 Å². The number of H-pyrrole nitrogens is 1. The van der Waals surface area contributed by atoms with Crippen molar-refractivity contribution in [2.45, 2.75) is 0 Å². The van der Waals surface area contributed by atoms with E-state index in [4.69, 9.17) is 0 Å². The molecular formula is C21H13N5S2. The van der Waals surface area contributed by atoms with E-state index < -0.39 is 0 Å². The topological polar surface area (TPSA) is 66.5 Å². The van der Waals surface area contributed by atoms with Gasteiger partial charge in [-0.2, -0.15) is 5.10 Å². The smallest absolute Gasteiger partial charge is 0.151 e. The molecule has 0 radical (unpaired) electrons. The highest BCUT2D eigenvalue weighted by atomic mass is 32.1. The highest BCUT2D eigenvalue weighted by Crippen LogP contribution is 2.39. The maximum Gasteiger partial charge on any atom is 0.151 e. The lowest BCUT2D eigenvalue weighted by Crippen LogP contribution is -1.95. The van der Waals surface area contributed by atoms with Crippen LogP contribution in [0.15, 0.2) is 66.4 Å². The largest absolute Gasteiger partial charge is 0.339 e. The van der Waals surface area contributed by atoms with Crippen LogP contribution in [0.3, 0.4) is 0 Å². The second-order valence-electron chi connectivity index (χ2n) is 6.49. The van der Waals surface area contributed by atoms with Gasteiger partial charge in [0.05, 0.1) is 21.9 Å². The van der Waals surface area contributed by atoms with Gasteiger partial charge in [0.2, 0.25) is 0 Å². The molecule has 7 heteroatoms. The van der Waals surface area contributed by atoms with Crippen LogP contribution >= 0.6 is 22.7 Å². The Morgan fingerprint density at radius 3 is 2.89 bits per heavy atom. The Bertz CT molecular complexity index is 1430. The molecule has 2 aromatic carbocycles. The quantitative estimate of drug-likeness (QED) is 0.372. The average Bonchev–Trinajstić information content (AvgIpc) is 3.45. The predicted molar refractivity (Wildman–Crippen MR) is 118 cm³/mol. The first kappa shape index (κ1) is 15.7. The standard InChI is InChI=1S/C21H13N5S2/c1-2-4-17-12(3-1)8-18(28-17)15-9-14(7-13-10-24-26-19(13)15)25-21-20-16(5-6-27-20)22-11-23-21/h1-11H,(H,24,26)(H,22,23,25). The summed E-state index contributed by atoms with van der Waals surface area (Å²) in [5.41, 5.74) is 4.11. The minimum absolute atomic E-state index is 0.824. The molecule has 0 aliphatic rings. The summed E-state index contributed by atoms with van der Waals surface area (Å²) in [6, 6.07) is 17.0. The molecule has 0 saturated heterocycles. The third kappa shape index (κ3) is 2.48. The van der Waals surface area contributed by atoms with Gasteiger partial charge >= 0.3 is 0 Å². The Kier molecular flexibility index (Phi) is 3.44. The van der Waals surface area contributed by atoms with Crippen molar-refractivity contribution in [3.05, 3.63) is 66.4 Å². The van der Waals surface area contributed by atoms with Crippen molar-refractivity contribution in [1.29, 1.82) is 0 Å². The van der Waals surface area contributed by atoms with E-state index in [0.29, 0.717) is 0 Å². The minimum atomic E-state index is 0.824. The molecule has 6 aromatic rings. The molecule has 134 valence electrons. The van der Waals surface area contributed by atoms with E-state index in [9.17, 15) is 0 Å². The fourth-order valence-corrected chi connectivity index (χ4v) is 5.33. The summed E-state index contributed by atoms with van der Waals surface area (Å²) in [5.74, 6) is 0.824. The van der Waals surface area contributed by atoms with Gasteiger partial charge in [0.15, 0.2) is 5.82 Å². The van der Waals surface area contributed by atoms with Crippen LogP contribution in [-0.4, -0.2) is 20.2 Å². The number of aromatic nitrogens is 4. The van der Waals surface area contributed by atoms with Crippen LogP contribution in [0.5, 0.6) is 0 Å². The van der Waals surface area contributed by atoms with Crippen molar-refractivity contribution >= 4 is 65.4 Å². The third-order valence-electron chi connectivity index (χ3n) is 4.75.